The Hall–Kier alpha value is -3.49. The Labute approximate surface area is 216 Å². The highest BCUT2D eigenvalue weighted by molar-refractivity contribution is 7.22. The van der Waals surface area contributed by atoms with Crippen molar-refractivity contribution < 1.29 is 19.4 Å². The number of thiophene rings is 1. The zero-order chi connectivity index (χ0) is 25.0. The van der Waals surface area contributed by atoms with E-state index in [9.17, 15) is 14.7 Å². The van der Waals surface area contributed by atoms with E-state index in [0.29, 0.717) is 23.2 Å². The molecule has 36 heavy (non-hydrogen) atoms. The number of nitrogens with zero attached hydrogens (tertiary/aromatic N) is 2. The molecule has 0 saturated carbocycles. The van der Waals surface area contributed by atoms with Crippen molar-refractivity contribution in [2.24, 2.45) is 0 Å². The van der Waals surface area contributed by atoms with Crippen LogP contribution in [-0.2, 0) is 16.0 Å². The van der Waals surface area contributed by atoms with Gasteiger partial charge in [0.2, 0.25) is 0 Å². The molecule has 0 radical (unpaired) electrons. The Morgan fingerprint density at radius 3 is 2.81 bits per heavy atom. The van der Waals surface area contributed by atoms with Crippen molar-refractivity contribution >= 4 is 55.5 Å². The number of carbonyl (C=O) groups excluding carboxylic acids is 2. The second-order valence-corrected chi connectivity index (χ2v) is 11.3. The Morgan fingerprint density at radius 2 is 2.03 bits per heavy atom. The Bertz CT molecular complexity index is 1530. The Morgan fingerprint density at radius 1 is 1.17 bits per heavy atom. The van der Waals surface area contributed by atoms with Crippen LogP contribution in [0.4, 0.5) is 5.13 Å². The average Bonchev–Trinajstić information content (AvgIpc) is 3.61. The van der Waals surface area contributed by atoms with Gasteiger partial charge in [0.05, 0.1) is 22.4 Å². The molecule has 1 saturated heterocycles. The van der Waals surface area contributed by atoms with E-state index >= 15 is 0 Å². The van der Waals surface area contributed by atoms with Crippen LogP contribution in [0.15, 0.2) is 59.5 Å². The van der Waals surface area contributed by atoms with Gasteiger partial charge in [0.25, 0.3) is 5.78 Å². The lowest BCUT2D eigenvalue weighted by molar-refractivity contribution is -0.132. The first-order chi connectivity index (χ1) is 17.4. The van der Waals surface area contributed by atoms with Gasteiger partial charge in [-0.3, -0.25) is 14.5 Å². The third kappa shape index (κ3) is 3.72. The molecule has 1 unspecified atom stereocenters. The largest absolute Gasteiger partial charge is 0.507 e. The number of fused-ring (bicyclic) bond motifs is 2. The summed E-state index contributed by atoms with van der Waals surface area (Å²) in [5.41, 5.74) is 3.54. The SMILES string of the molecule is CC(C)c1ccc2nc(N3C(=O)C(=O)/C(=C(/O)c4ccc5c(c4)CCCO5)C3c3cccs3)sc2c1. The van der Waals surface area contributed by atoms with Crippen LogP contribution in [0.3, 0.4) is 0 Å². The Kier molecular flexibility index (Phi) is 5.65. The van der Waals surface area contributed by atoms with Crippen LogP contribution in [-0.4, -0.2) is 28.4 Å². The first-order valence-corrected chi connectivity index (χ1v) is 13.6. The van der Waals surface area contributed by atoms with Crippen LogP contribution < -0.4 is 9.64 Å². The molecule has 1 N–H and O–H groups in total. The number of hydrogen-bond donors (Lipinski definition) is 1. The van der Waals surface area contributed by atoms with E-state index in [-0.39, 0.29) is 11.3 Å². The van der Waals surface area contributed by atoms with Gasteiger partial charge in [0.15, 0.2) is 5.13 Å². The number of hydrogen-bond acceptors (Lipinski definition) is 7. The molecule has 6 rings (SSSR count). The third-order valence-electron chi connectivity index (χ3n) is 6.71. The Balaban J connectivity index is 1.49. The maximum Gasteiger partial charge on any atom is 0.301 e. The molecular formula is C28H24N2O4S2. The smallest absolute Gasteiger partial charge is 0.301 e. The van der Waals surface area contributed by atoms with Gasteiger partial charge in [-0.05, 0) is 71.7 Å². The van der Waals surface area contributed by atoms with E-state index in [4.69, 9.17) is 9.72 Å². The highest BCUT2D eigenvalue weighted by Crippen LogP contribution is 2.46. The molecule has 2 aliphatic rings. The molecule has 6 nitrogen and oxygen atoms in total. The molecule has 0 bridgehead atoms. The lowest BCUT2D eigenvalue weighted by Crippen LogP contribution is -2.28. The average molecular weight is 517 g/mol. The summed E-state index contributed by atoms with van der Waals surface area (Å²) in [7, 11) is 0. The number of amides is 1. The third-order valence-corrected chi connectivity index (χ3v) is 8.66. The van der Waals surface area contributed by atoms with Crippen molar-refractivity contribution in [3.8, 4) is 5.75 Å². The first-order valence-electron chi connectivity index (χ1n) is 11.9. The topological polar surface area (TPSA) is 79.7 Å². The molecule has 1 atom stereocenters. The zero-order valence-corrected chi connectivity index (χ0v) is 21.5. The number of benzene rings is 2. The van der Waals surface area contributed by atoms with E-state index in [0.717, 1.165) is 39.2 Å². The van der Waals surface area contributed by atoms with Crippen LogP contribution in [0.2, 0.25) is 0 Å². The van der Waals surface area contributed by atoms with E-state index in [1.165, 1.54) is 33.1 Å². The number of aromatic nitrogens is 1. The van der Waals surface area contributed by atoms with Gasteiger partial charge >= 0.3 is 5.91 Å². The number of Topliss-reactive ketones (excluding diaryl/α,β-unsaturated/α-hetero) is 1. The van der Waals surface area contributed by atoms with Gasteiger partial charge in [-0.2, -0.15) is 0 Å². The van der Waals surface area contributed by atoms with Crippen molar-refractivity contribution in [3.63, 3.8) is 0 Å². The predicted octanol–water partition coefficient (Wildman–Crippen LogP) is 6.43. The first kappa shape index (κ1) is 22.9. The minimum atomic E-state index is -0.748. The van der Waals surface area contributed by atoms with E-state index in [1.54, 1.807) is 6.07 Å². The van der Waals surface area contributed by atoms with Gasteiger partial charge in [-0.1, -0.05) is 37.3 Å². The minimum Gasteiger partial charge on any atom is -0.507 e. The monoisotopic (exact) mass is 516 g/mol. The molecule has 0 spiro atoms. The lowest BCUT2D eigenvalue weighted by Gasteiger charge is -2.22. The van der Waals surface area contributed by atoms with Crippen LogP contribution in [0.5, 0.6) is 5.75 Å². The van der Waals surface area contributed by atoms with Crippen LogP contribution in [0.25, 0.3) is 16.0 Å². The summed E-state index contributed by atoms with van der Waals surface area (Å²) in [4.78, 5) is 33.8. The summed E-state index contributed by atoms with van der Waals surface area (Å²) in [6.45, 7) is 4.93. The van der Waals surface area contributed by atoms with Crippen molar-refractivity contribution in [1.82, 2.24) is 4.98 Å². The standard InChI is InChI=1S/C28H24N2O4S2/c1-15(2)16-7-9-19-22(14-16)36-28(29-19)30-24(21-6-4-12-35-21)23(26(32)27(30)33)25(31)18-8-10-20-17(13-18)5-3-11-34-20/h4,6-10,12-15,24,31H,3,5,11H2,1-2H3/b25-23+. The zero-order valence-electron chi connectivity index (χ0n) is 19.9. The van der Waals surface area contributed by atoms with Gasteiger partial charge < -0.3 is 9.84 Å². The number of aliphatic hydroxyl groups excluding tert-OH is 1. The lowest BCUT2D eigenvalue weighted by atomic mass is 9.97. The summed E-state index contributed by atoms with van der Waals surface area (Å²) in [5, 5.41) is 13.8. The van der Waals surface area contributed by atoms with Gasteiger partial charge in [-0.15, -0.1) is 11.3 Å². The van der Waals surface area contributed by atoms with Gasteiger partial charge in [-0.25, -0.2) is 4.98 Å². The van der Waals surface area contributed by atoms with E-state index in [1.807, 2.05) is 41.8 Å². The minimum absolute atomic E-state index is 0.0845. The normalized spacial score (nSPS) is 19.2. The van der Waals surface area contributed by atoms with Crippen molar-refractivity contribution in [3.05, 3.63) is 81.1 Å². The molecule has 2 aromatic heterocycles. The fourth-order valence-corrected chi connectivity index (χ4v) is 6.66. The summed E-state index contributed by atoms with van der Waals surface area (Å²) >= 11 is 2.83. The summed E-state index contributed by atoms with van der Waals surface area (Å²) in [6.07, 6.45) is 1.73. The van der Waals surface area contributed by atoms with Crippen molar-refractivity contribution in [1.29, 1.82) is 0 Å². The van der Waals surface area contributed by atoms with E-state index in [2.05, 4.69) is 19.9 Å². The maximum atomic E-state index is 13.4. The number of anilines is 1. The highest BCUT2D eigenvalue weighted by atomic mass is 32.1. The molecule has 4 aromatic rings. The molecule has 2 aliphatic heterocycles. The molecular weight excluding hydrogens is 492 g/mol. The van der Waals surface area contributed by atoms with Crippen LogP contribution in [0.1, 0.15) is 53.8 Å². The quantitative estimate of drug-likeness (QED) is 0.192. The second-order valence-electron chi connectivity index (χ2n) is 9.34. The number of aryl methyl sites for hydroxylation is 1. The van der Waals surface area contributed by atoms with Crippen LogP contribution in [0, 0.1) is 0 Å². The molecule has 182 valence electrons. The maximum absolute atomic E-state index is 13.4. The van der Waals surface area contributed by atoms with Crippen LogP contribution >= 0.6 is 22.7 Å². The molecule has 0 aliphatic carbocycles. The number of ketones is 1. The molecule has 1 fully saturated rings. The molecule has 1 amide bonds. The summed E-state index contributed by atoms with van der Waals surface area (Å²) < 4.78 is 6.65. The summed E-state index contributed by atoms with van der Waals surface area (Å²) in [6, 6.07) is 14.5. The van der Waals surface area contributed by atoms with E-state index < -0.39 is 17.7 Å². The number of thiazole rings is 1. The van der Waals surface area contributed by atoms with Crippen molar-refractivity contribution in [2.75, 3.05) is 11.5 Å². The number of rotatable bonds is 4. The number of ether oxygens (including phenoxy) is 1. The van der Waals surface area contributed by atoms with Gasteiger partial charge in [0.1, 0.15) is 17.6 Å². The predicted molar refractivity (Wildman–Crippen MR) is 143 cm³/mol. The number of aliphatic hydroxyl groups is 1. The fraction of sp³-hybridized carbons (Fsp3) is 0.250. The van der Waals surface area contributed by atoms with Crippen molar-refractivity contribution in [2.45, 2.75) is 38.6 Å². The molecule has 2 aromatic carbocycles. The highest BCUT2D eigenvalue weighted by Gasteiger charge is 2.48. The summed E-state index contributed by atoms with van der Waals surface area (Å²) in [5.74, 6) is -0.405. The number of carbonyl (C=O) groups is 2. The van der Waals surface area contributed by atoms with Gasteiger partial charge in [0, 0.05) is 10.4 Å². The second kappa shape index (κ2) is 8.87. The fourth-order valence-electron chi connectivity index (χ4n) is 4.80. The molecule has 4 heterocycles. The molecule has 8 heteroatoms.